The summed E-state index contributed by atoms with van der Waals surface area (Å²) in [6, 6.07) is 8.49. The Bertz CT molecular complexity index is 617. The van der Waals surface area contributed by atoms with Crippen molar-refractivity contribution in [3.05, 3.63) is 59.7 Å². The molecule has 4 heteroatoms. The van der Waals surface area contributed by atoms with E-state index in [0.29, 0.717) is 17.9 Å². The third-order valence-electron chi connectivity index (χ3n) is 2.67. The predicted octanol–water partition coefficient (Wildman–Crippen LogP) is 2.15. The van der Waals surface area contributed by atoms with Gasteiger partial charge >= 0.3 is 0 Å². The molecule has 2 rings (SSSR count). The van der Waals surface area contributed by atoms with E-state index in [4.69, 9.17) is 10.5 Å². The monoisotopic (exact) mass is 270 g/mol. The number of nitrogens with two attached hydrogens (primary N) is 1. The molecule has 0 aliphatic heterocycles. The van der Waals surface area contributed by atoms with Gasteiger partial charge in [-0.05, 0) is 29.8 Å². The fraction of sp³-hybridized carbons (Fsp3) is 0.188. The van der Waals surface area contributed by atoms with Crippen LogP contribution in [0.25, 0.3) is 0 Å². The maximum absolute atomic E-state index is 13.7. The molecule has 20 heavy (non-hydrogen) atoms. The lowest BCUT2D eigenvalue weighted by molar-refractivity contribution is 0.320. The number of hydrogen-bond acceptors (Lipinski definition) is 3. The van der Waals surface area contributed by atoms with Crippen LogP contribution < -0.4 is 10.5 Å². The Morgan fingerprint density at radius 2 is 2.00 bits per heavy atom. The zero-order chi connectivity index (χ0) is 14.2. The van der Waals surface area contributed by atoms with Crippen LogP contribution in [0.3, 0.4) is 0 Å². The molecule has 0 aliphatic carbocycles. The zero-order valence-corrected chi connectivity index (χ0v) is 11.0. The second-order valence-electron chi connectivity index (χ2n) is 4.10. The number of pyridine rings is 1. The van der Waals surface area contributed by atoms with E-state index in [1.807, 2.05) is 12.1 Å². The normalized spacial score (nSPS) is 9.70. The van der Waals surface area contributed by atoms with Gasteiger partial charge in [0, 0.05) is 24.9 Å². The van der Waals surface area contributed by atoms with Crippen LogP contribution in [0.2, 0.25) is 0 Å². The van der Waals surface area contributed by atoms with Gasteiger partial charge in [-0.25, -0.2) is 4.39 Å². The van der Waals surface area contributed by atoms with Crippen molar-refractivity contribution in [2.24, 2.45) is 5.73 Å². The maximum atomic E-state index is 13.7. The molecule has 0 amide bonds. The molecule has 0 radical (unpaired) electrons. The van der Waals surface area contributed by atoms with Crippen molar-refractivity contribution in [1.29, 1.82) is 0 Å². The van der Waals surface area contributed by atoms with E-state index in [0.717, 1.165) is 12.0 Å². The summed E-state index contributed by atoms with van der Waals surface area (Å²) in [4.78, 5) is 3.95. The Morgan fingerprint density at radius 1 is 1.20 bits per heavy atom. The molecule has 0 aliphatic rings. The minimum absolute atomic E-state index is 0.212. The van der Waals surface area contributed by atoms with Gasteiger partial charge < -0.3 is 10.5 Å². The molecular weight excluding hydrogens is 255 g/mol. The smallest absolute Gasteiger partial charge is 0.142 e. The zero-order valence-electron chi connectivity index (χ0n) is 11.0. The highest BCUT2D eigenvalue weighted by atomic mass is 19.1. The summed E-state index contributed by atoms with van der Waals surface area (Å²) in [7, 11) is 0. The first-order valence-electron chi connectivity index (χ1n) is 6.30. The van der Waals surface area contributed by atoms with E-state index < -0.39 is 5.82 Å². The Kier molecular flexibility index (Phi) is 5.10. The Balaban J connectivity index is 1.92. The van der Waals surface area contributed by atoms with E-state index in [2.05, 4.69) is 16.8 Å². The summed E-state index contributed by atoms with van der Waals surface area (Å²) in [6.45, 7) is 0.695. The third-order valence-corrected chi connectivity index (χ3v) is 2.67. The van der Waals surface area contributed by atoms with Crippen molar-refractivity contribution in [2.75, 3.05) is 13.2 Å². The SMILES string of the molecule is NCC#Cc1ccc(OCCc2ccncc2)cc1F. The topological polar surface area (TPSA) is 48.1 Å². The van der Waals surface area contributed by atoms with Gasteiger partial charge in [0.25, 0.3) is 0 Å². The van der Waals surface area contributed by atoms with Gasteiger partial charge in [0.05, 0.1) is 18.7 Å². The van der Waals surface area contributed by atoms with E-state index >= 15 is 0 Å². The van der Waals surface area contributed by atoms with Gasteiger partial charge in [-0.15, -0.1) is 0 Å². The van der Waals surface area contributed by atoms with Crippen molar-refractivity contribution < 1.29 is 9.13 Å². The molecule has 0 saturated heterocycles. The predicted molar refractivity (Wildman–Crippen MR) is 75.8 cm³/mol. The molecule has 2 N–H and O–H groups in total. The van der Waals surface area contributed by atoms with E-state index in [1.54, 1.807) is 24.5 Å². The number of ether oxygens (including phenoxy) is 1. The van der Waals surface area contributed by atoms with Crippen LogP contribution in [0.5, 0.6) is 5.75 Å². The van der Waals surface area contributed by atoms with Crippen LogP contribution >= 0.6 is 0 Å². The Morgan fingerprint density at radius 3 is 2.70 bits per heavy atom. The molecule has 0 saturated carbocycles. The maximum Gasteiger partial charge on any atom is 0.142 e. The van der Waals surface area contributed by atoms with Gasteiger partial charge in [0.1, 0.15) is 11.6 Å². The average molecular weight is 270 g/mol. The third kappa shape index (κ3) is 4.08. The number of nitrogens with zero attached hydrogens (tertiary/aromatic N) is 1. The molecule has 1 aromatic heterocycles. The quantitative estimate of drug-likeness (QED) is 0.866. The summed E-state index contributed by atoms with van der Waals surface area (Å²) in [5.74, 6) is 5.39. The second kappa shape index (κ2) is 7.27. The lowest BCUT2D eigenvalue weighted by atomic mass is 10.2. The van der Waals surface area contributed by atoms with Crippen molar-refractivity contribution in [3.8, 4) is 17.6 Å². The number of aromatic nitrogens is 1. The summed E-state index contributed by atoms with van der Waals surface area (Å²) in [5, 5.41) is 0. The average Bonchev–Trinajstić information content (AvgIpc) is 2.47. The van der Waals surface area contributed by atoms with Gasteiger partial charge in [-0.2, -0.15) is 0 Å². The summed E-state index contributed by atoms with van der Waals surface area (Å²) < 4.78 is 19.2. The van der Waals surface area contributed by atoms with E-state index in [-0.39, 0.29) is 6.54 Å². The van der Waals surface area contributed by atoms with Gasteiger partial charge in [-0.3, -0.25) is 4.98 Å². The molecule has 0 spiro atoms. The van der Waals surface area contributed by atoms with Crippen LogP contribution in [0.15, 0.2) is 42.7 Å². The first-order valence-corrected chi connectivity index (χ1v) is 6.30. The number of benzene rings is 1. The van der Waals surface area contributed by atoms with E-state index in [9.17, 15) is 4.39 Å². The molecule has 1 aromatic carbocycles. The highest BCUT2D eigenvalue weighted by Crippen LogP contribution is 2.16. The molecule has 2 aromatic rings. The first-order chi connectivity index (χ1) is 9.79. The molecule has 1 heterocycles. The van der Waals surface area contributed by atoms with Gasteiger partial charge in [0.15, 0.2) is 0 Å². The van der Waals surface area contributed by atoms with Crippen molar-refractivity contribution in [1.82, 2.24) is 4.98 Å². The highest BCUT2D eigenvalue weighted by molar-refractivity contribution is 5.39. The van der Waals surface area contributed by atoms with E-state index in [1.165, 1.54) is 6.07 Å². The fourth-order valence-electron chi connectivity index (χ4n) is 1.67. The molecule has 0 unspecified atom stereocenters. The molecule has 0 atom stereocenters. The number of hydrogen-bond donors (Lipinski definition) is 1. The van der Waals surface area contributed by atoms with Gasteiger partial charge in [0.2, 0.25) is 0 Å². The van der Waals surface area contributed by atoms with Crippen molar-refractivity contribution >= 4 is 0 Å². The summed E-state index contributed by atoms with van der Waals surface area (Å²) in [5.41, 5.74) is 6.71. The molecule has 0 fully saturated rings. The molecule has 102 valence electrons. The van der Waals surface area contributed by atoms with Crippen molar-refractivity contribution in [2.45, 2.75) is 6.42 Å². The Hall–Kier alpha value is -2.38. The molecule has 0 bridgehead atoms. The minimum Gasteiger partial charge on any atom is -0.493 e. The lowest BCUT2D eigenvalue weighted by Gasteiger charge is -2.06. The number of halogens is 1. The van der Waals surface area contributed by atoms with Crippen LogP contribution in [0, 0.1) is 17.7 Å². The first kappa shape index (κ1) is 14.0. The lowest BCUT2D eigenvalue weighted by Crippen LogP contribution is -2.02. The summed E-state index contributed by atoms with van der Waals surface area (Å²) >= 11 is 0. The Labute approximate surface area is 117 Å². The van der Waals surface area contributed by atoms with Crippen LogP contribution in [0.4, 0.5) is 4.39 Å². The van der Waals surface area contributed by atoms with Crippen LogP contribution in [-0.4, -0.2) is 18.1 Å². The van der Waals surface area contributed by atoms with Crippen LogP contribution in [-0.2, 0) is 6.42 Å². The minimum atomic E-state index is -0.396. The van der Waals surface area contributed by atoms with Gasteiger partial charge in [-0.1, -0.05) is 11.8 Å². The molecule has 3 nitrogen and oxygen atoms in total. The standard InChI is InChI=1S/C16H15FN2O/c17-16-12-15(4-3-14(16)2-1-8-18)20-11-7-13-5-9-19-10-6-13/h3-6,9-10,12H,7-8,11,18H2. The number of rotatable bonds is 4. The highest BCUT2D eigenvalue weighted by Gasteiger charge is 2.02. The van der Waals surface area contributed by atoms with Crippen LogP contribution in [0.1, 0.15) is 11.1 Å². The second-order valence-corrected chi connectivity index (χ2v) is 4.10. The fourth-order valence-corrected chi connectivity index (χ4v) is 1.67. The summed E-state index contributed by atoms with van der Waals surface area (Å²) in [6.07, 6.45) is 4.22. The largest absolute Gasteiger partial charge is 0.493 e. The molecular formula is C16H15FN2O. The van der Waals surface area contributed by atoms with Crippen molar-refractivity contribution in [3.63, 3.8) is 0 Å².